The highest BCUT2D eigenvalue weighted by atomic mass is 16.6. The zero-order valence-electron chi connectivity index (χ0n) is 16.5. The van der Waals surface area contributed by atoms with E-state index in [4.69, 9.17) is 4.74 Å². The van der Waals surface area contributed by atoms with Gasteiger partial charge in [0.05, 0.1) is 6.33 Å². The van der Waals surface area contributed by atoms with Crippen molar-refractivity contribution in [3.05, 3.63) is 60.7 Å². The van der Waals surface area contributed by atoms with E-state index < -0.39 is 0 Å². The van der Waals surface area contributed by atoms with Gasteiger partial charge in [-0.25, -0.2) is 9.97 Å². The van der Waals surface area contributed by atoms with Gasteiger partial charge >= 0.3 is 0 Å². The van der Waals surface area contributed by atoms with Crippen molar-refractivity contribution in [1.82, 2.24) is 19.4 Å². The van der Waals surface area contributed by atoms with Gasteiger partial charge in [-0.05, 0) is 17.7 Å². The minimum absolute atomic E-state index is 0.0476. The van der Waals surface area contributed by atoms with Crippen LogP contribution in [-0.2, 0) is 16.1 Å². The summed E-state index contributed by atoms with van der Waals surface area (Å²) in [7, 11) is 3.51. The normalized spacial score (nSPS) is 19.7. The van der Waals surface area contributed by atoms with Gasteiger partial charge in [0.15, 0.2) is 24.0 Å². The number of pyridine rings is 1. The molecule has 0 aliphatic carbocycles. The summed E-state index contributed by atoms with van der Waals surface area (Å²) in [6.45, 7) is -0.0476. The van der Waals surface area contributed by atoms with Crippen LogP contribution in [0.5, 0.6) is 0 Å². The molecule has 152 valence electrons. The summed E-state index contributed by atoms with van der Waals surface area (Å²) in [5.74, 6) is 0.437. The number of nitrogens with one attached hydrogen (secondary N) is 1. The highest BCUT2D eigenvalue weighted by Crippen LogP contribution is 2.37. The van der Waals surface area contributed by atoms with Crippen LogP contribution in [0.1, 0.15) is 10.5 Å². The topological polar surface area (TPSA) is 95.9 Å². The molecule has 4 heterocycles. The molecule has 0 spiro atoms. The smallest absolute Gasteiger partial charge is 0.276 e. The molecule has 2 aromatic heterocycles. The number of nitrogens with zero attached hydrogens (tertiary/aromatic N) is 5. The van der Waals surface area contributed by atoms with Crippen LogP contribution in [0.4, 0.5) is 11.6 Å². The van der Waals surface area contributed by atoms with E-state index in [0.717, 1.165) is 11.1 Å². The highest BCUT2D eigenvalue weighted by Gasteiger charge is 2.52. The van der Waals surface area contributed by atoms with Crippen LogP contribution in [0.25, 0.3) is 11.1 Å². The van der Waals surface area contributed by atoms with E-state index >= 15 is 0 Å². The number of carbonyl (C=O) groups is 2. The predicted molar refractivity (Wildman–Crippen MR) is 110 cm³/mol. The highest BCUT2D eigenvalue weighted by molar-refractivity contribution is 5.99. The number of anilines is 2. The predicted octanol–water partition coefficient (Wildman–Crippen LogP) is 1.79. The van der Waals surface area contributed by atoms with E-state index in [1.54, 1.807) is 23.9 Å². The summed E-state index contributed by atoms with van der Waals surface area (Å²) in [5.41, 5.74) is 2.39. The van der Waals surface area contributed by atoms with E-state index in [-0.39, 0.29) is 30.8 Å². The molecule has 2 amide bonds. The molecule has 1 N–H and O–H groups in total. The summed E-state index contributed by atoms with van der Waals surface area (Å²) in [6.07, 6.45) is 2.73. The van der Waals surface area contributed by atoms with Gasteiger partial charge in [0.2, 0.25) is 5.91 Å². The van der Waals surface area contributed by atoms with Crippen molar-refractivity contribution < 1.29 is 14.3 Å². The Morgan fingerprint density at radius 2 is 1.80 bits per heavy atom. The number of aromatic nitrogens is 3. The third-order valence-electron chi connectivity index (χ3n) is 5.34. The van der Waals surface area contributed by atoms with Gasteiger partial charge in [-0.2, -0.15) is 0 Å². The number of ether oxygens (including phenoxy) is 1. The van der Waals surface area contributed by atoms with E-state index in [1.165, 1.54) is 11.2 Å². The van der Waals surface area contributed by atoms with Crippen molar-refractivity contribution in [2.45, 2.75) is 19.0 Å². The molecule has 1 aromatic carbocycles. The van der Waals surface area contributed by atoms with Crippen LogP contribution >= 0.6 is 0 Å². The molecule has 0 radical (unpaired) electrons. The average molecular weight is 404 g/mol. The number of hydrogen-bond donors (Lipinski definition) is 1. The maximum absolute atomic E-state index is 12.8. The Morgan fingerprint density at radius 3 is 2.53 bits per heavy atom. The average Bonchev–Trinajstić information content (AvgIpc) is 3.47. The fraction of sp³-hybridized carbons (Fsp3) is 0.238. The summed E-state index contributed by atoms with van der Waals surface area (Å²) < 4.78 is 7.07. The fourth-order valence-electron chi connectivity index (χ4n) is 3.64. The molecule has 2 aliphatic heterocycles. The van der Waals surface area contributed by atoms with Crippen LogP contribution in [0.2, 0.25) is 0 Å². The maximum Gasteiger partial charge on any atom is 0.276 e. The molecule has 2 unspecified atom stereocenters. The van der Waals surface area contributed by atoms with E-state index in [0.29, 0.717) is 17.3 Å². The minimum atomic E-state index is -0.293. The first-order chi connectivity index (χ1) is 14.5. The second kappa shape index (κ2) is 6.96. The number of imidazole rings is 1. The SMILES string of the molecule is CN1C(=O)c2c(ncn2CC(=O)Nc2ccc(-c3ccccc3)cn2)N(C)C2OC21. The van der Waals surface area contributed by atoms with Crippen molar-refractivity contribution in [2.75, 3.05) is 24.3 Å². The van der Waals surface area contributed by atoms with Gasteiger partial charge in [-0.3, -0.25) is 9.59 Å². The number of benzene rings is 1. The maximum atomic E-state index is 12.8. The monoisotopic (exact) mass is 404 g/mol. The molecule has 1 saturated heterocycles. The minimum Gasteiger partial charge on any atom is -0.328 e. The fourth-order valence-corrected chi connectivity index (χ4v) is 3.64. The van der Waals surface area contributed by atoms with E-state index in [1.807, 2.05) is 48.3 Å². The van der Waals surface area contributed by atoms with Crippen LogP contribution in [0.3, 0.4) is 0 Å². The first kappa shape index (κ1) is 18.3. The largest absolute Gasteiger partial charge is 0.328 e. The molecule has 2 atom stereocenters. The number of epoxide rings is 1. The number of hydrogen-bond acceptors (Lipinski definition) is 6. The first-order valence-corrected chi connectivity index (χ1v) is 9.55. The number of amides is 2. The molecule has 1 fully saturated rings. The van der Waals surface area contributed by atoms with Gasteiger partial charge < -0.3 is 24.4 Å². The molecule has 30 heavy (non-hydrogen) atoms. The molecular formula is C21H20N6O3. The Morgan fingerprint density at radius 1 is 1.03 bits per heavy atom. The van der Waals surface area contributed by atoms with Crippen molar-refractivity contribution in [2.24, 2.45) is 0 Å². The molecule has 9 heteroatoms. The molecule has 5 rings (SSSR count). The van der Waals surface area contributed by atoms with E-state index in [2.05, 4.69) is 15.3 Å². The third kappa shape index (κ3) is 3.09. The lowest BCUT2D eigenvalue weighted by molar-refractivity contribution is -0.116. The van der Waals surface area contributed by atoms with Gasteiger partial charge in [0.1, 0.15) is 12.4 Å². The lowest BCUT2D eigenvalue weighted by Gasteiger charge is -2.15. The van der Waals surface area contributed by atoms with Crippen molar-refractivity contribution >= 4 is 23.5 Å². The van der Waals surface area contributed by atoms with Crippen LogP contribution < -0.4 is 10.2 Å². The molecule has 0 saturated carbocycles. The number of carbonyl (C=O) groups excluding carboxylic acids is 2. The Labute approximate surface area is 172 Å². The zero-order valence-corrected chi connectivity index (χ0v) is 16.5. The standard InChI is InChI=1S/C21H20N6O3/c1-25-18-17(19(29)26(2)21-20(25)30-21)27(12-23-18)11-16(28)24-15-9-8-14(10-22-15)13-6-4-3-5-7-13/h3-10,12,20-21H,11H2,1-2H3,(H,22,24,28). The second-order valence-corrected chi connectivity index (χ2v) is 7.34. The first-order valence-electron chi connectivity index (χ1n) is 9.55. The Balaban J connectivity index is 1.31. The Bertz CT molecular complexity index is 1110. The lowest BCUT2D eigenvalue weighted by Crippen LogP contribution is -2.32. The third-order valence-corrected chi connectivity index (χ3v) is 5.34. The lowest BCUT2D eigenvalue weighted by atomic mass is 10.1. The van der Waals surface area contributed by atoms with Crippen LogP contribution in [0.15, 0.2) is 55.0 Å². The summed E-state index contributed by atoms with van der Waals surface area (Å²) in [5, 5.41) is 2.77. The van der Waals surface area contributed by atoms with Gasteiger partial charge in [0, 0.05) is 25.9 Å². The van der Waals surface area contributed by atoms with Crippen molar-refractivity contribution in [1.29, 1.82) is 0 Å². The van der Waals surface area contributed by atoms with Gasteiger partial charge in [-0.1, -0.05) is 30.3 Å². The van der Waals surface area contributed by atoms with E-state index in [9.17, 15) is 9.59 Å². The molecule has 9 nitrogen and oxygen atoms in total. The quantitative estimate of drug-likeness (QED) is 0.666. The summed E-state index contributed by atoms with van der Waals surface area (Å²) in [6, 6.07) is 13.5. The molecule has 0 bridgehead atoms. The van der Waals surface area contributed by atoms with Gasteiger partial charge in [-0.15, -0.1) is 0 Å². The second-order valence-electron chi connectivity index (χ2n) is 7.34. The summed E-state index contributed by atoms with van der Waals surface area (Å²) in [4.78, 5) is 37.4. The van der Waals surface area contributed by atoms with Crippen LogP contribution in [-0.4, -0.2) is 57.8 Å². The molecule has 2 aliphatic rings. The van der Waals surface area contributed by atoms with Crippen LogP contribution in [0, 0.1) is 0 Å². The van der Waals surface area contributed by atoms with Crippen molar-refractivity contribution in [3.8, 4) is 11.1 Å². The molecular weight excluding hydrogens is 384 g/mol. The Hall–Kier alpha value is -3.72. The summed E-state index contributed by atoms with van der Waals surface area (Å²) >= 11 is 0. The number of rotatable bonds is 4. The number of likely N-dealkylation sites (N-methyl/N-ethyl adjacent to an activating group) is 2. The molecule has 3 aromatic rings. The Kier molecular flexibility index (Phi) is 4.25. The number of fused-ring (bicyclic) bond motifs is 2. The zero-order chi connectivity index (χ0) is 20.8. The van der Waals surface area contributed by atoms with Gasteiger partial charge in [0.25, 0.3) is 5.91 Å². The van der Waals surface area contributed by atoms with Crippen molar-refractivity contribution in [3.63, 3.8) is 0 Å².